The van der Waals surface area contributed by atoms with E-state index in [-0.39, 0.29) is 17.8 Å². The quantitative estimate of drug-likeness (QED) is 0.283. The minimum absolute atomic E-state index is 0.129. The Kier molecular flexibility index (Phi) is 8.23. The summed E-state index contributed by atoms with van der Waals surface area (Å²) in [6, 6.07) is 11.1. The van der Waals surface area contributed by atoms with Gasteiger partial charge >= 0.3 is 0 Å². The molecule has 1 N–H and O–H groups in total. The molecule has 0 radical (unpaired) electrons. The Labute approximate surface area is 202 Å². The van der Waals surface area contributed by atoms with Crippen LogP contribution in [0.25, 0.3) is 0 Å². The van der Waals surface area contributed by atoms with Crippen LogP contribution >= 0.6 is 35.0 Å². The summed E-state index contributed by atoms with van der Waals surface area (Å²) < 4.78 is 8.04. The second kappa shape index (κ2) is 10.9. The number of benzene rings is 2. The van der Waals surface area contributed by atoms with Crippen molar-refractivity contribution in [2.24, 2.45) is 0 Å². The summed E-state index contributed by atoms with van der Waals surface area (Å²) in [5.74, 6) is 1.35. The Morgan fingerprint density at radius 2 is 2.06 bits per heavy atom. The molecule has 0 aliphatic heterocycles. The third kappa shape index (κ3) is 5.85. The number of aromatic nitrogens is 3. The fourth-order valence-electron chi connectivity index (χ4n) is 3.10. The monoisotopic (exact) mass is 490 g/mol. The minimum atomic E-state index is -0.336. The molecule has 6 nitrogen and oxygen atoms in total. The lowest BCUT2D eigenvalue weighted by atomic mass is 10.1. The molecule has 0 saturated heterocycles. The summed E-state index contributed by atoms with van der Waals surface area (Å²) in [6.45, 7) is 10.3. The Morgan fingerprint density at radius 3 is 2.78 bits per heavy atom. The van der Waals surface area contributed by atoms with Crippen molar-refractivity contribution in [2.45, 2.75) is 38.6 Å². The van der Waals surface area contributed by atoms with E-state index >= 15 is 0 Å². The first-order valence-corrected chi connectivity index (χ1v) is 11.7. The van der Waals surface area contributed by atoms with Crippen LogP contribution in [0.5, 0.6) is 5.75 Å². The van der Waals surface area contributed by atoms with E-state index in [1.807, 2.05) is 37.5 Å². The third-order valence-electron chi connectivity index (χ3n) is 4.61. The lowest BCUT2D eigenvalue weighted by molar-refractivity contribution is -0.113. The molecule has 1 aromatic heterocycles. The van der Waals surface area contributed by atoms with Crippen molar-refractivity contribution in [3.63, 3.8) is 0 Å². The second-order valence-electron chi connectivity index (χ2n) is 7.21. The number of aryl methyl sites for hydroxylation is 2. The highest BCUT2D eigenvalue weighted by Gasteiger charge is 2.20. The molecule has 9 heteroatoms. The summed E-state index contributed by atoms with van der Waals surface area (Å²) in [5.41, 5.74) is 2.69. The van der Waals surface area contributed by atoms with Gasteiger partial charge in [-0.3, -0.25) is 9.36 Å². The maximum Gasteiger partial charge on any atom is 0.234 e. The highest BCUT2D eigenvalue weighted by Crippen LogP contribution is 2.30. The standard InChI is InChI=1S/C23H24Cl2N4O2S/c1-5-11-29-22(16(4)31-19-10-9-14(2)12-15(19)3)27-28-23(29)32-13-20(30)26-18-8-6-7-17(24)21(18)25/h5-10,12,16H,1,11,13H2,2-4H3,(H,26,30). The molecule has 0 bridgehead atoms. The van der Waals surface area contributed by atoms with Gasteiger partial charge in [-0.1, -0.05) is 64.8 Å². The zero-order chi connectivity index (χ0) is 23.3. The molecule has 1 atom stereocenters. The number of carbonyl (C=O) groups excluding carboxylic acids is 1. The second-order valence-corrected chi connectivity index (χ2v) is 8.93. The number of rotatable bonds is 9. The number of allylic oxidation sites excluding steroid dienone is 1. The fourth-order valence-corrected chi connectivity index (χ4v) is 4.20. The van der Waals surface area contributed by atoms with Crippen molar-refractivity contribution in [1.82, 2.24) is 14.8 Å². The summed E-state index contributed by atoms with van der Waals surface area (Å²) in [5, 5.41) is 12.6. The number of anilines is 1. The molecule has 1 heterocycles. The highest BCUT2D eigenvalue weighted by atomic mass is 35.5. The van der Waals surface area contributed by atoms with Gasteiger partial charge in [-0.25, -0.2) is 0 Å². The zero-order valence-electron chi connectivity index (χ0n) is 18.1. The number of halogens is 2. The molecule has 0 fully saturated rings. The predicted molar refractivity (Wildman–Crippen MR) is 131 cm³/mol. The normalized spacial score (nSPS) is 11.8. The molecule has 32 heavy (non-hydrogen) atoms. The Balaban J connectivity index is 1.70. The SMILES string of the molecule is C=CCn1c(SCC(=O)Nc2cccc(Cl)c2Cl)nnc1C(C)Oc1ccc(C)cc1C. The molecule has 1 unspecified atom stereocenters. The van der Waals surface area contributed by atoms with Crippen LogP contribution in [0.15, 0.2) is 54.2 Å². The first kappa shape index (κ1) is 24.2. The molecular formula is C23H24Cl2N4O2S. The van der Waals surface area contributed by atoms with Gasteiger partial charge in [-0.2, -0.15) is 0 Å². The zero-order valence-corrected chi connectivity index (χ0v) is 20.4. The summed E-state index contributed by atoms with van der Waals surface area (Å²) >= 11 is 13.4. The lowest BCUT2D eigenvalue weighted by Crippen LogP contribution is -2.16. The molecule has 168 valence electrons. The molecule has 3 rings (SSSR count). The molecule has 3 aromatic rings. The van der Waals surface area contributed by atoms with Crippen LogP contribution in [0.4, 0.5) is 5.69 Å². The lowest BCUT2D eigenvalue weighted by Gasteiger charge is -2.17. The predicted octanol–water partition coefficient (Wildman–Crippen LogP) is 6.26. The molecule has 0 aliphatic rings. The van der Waals surface area contributed by atoms with E-state index in [0.29, 0.717) is 33.3 Å². The molecule has 1 amide bonds. The van der Waals surface area contributed by atoms with Crippen molar-refractivity contribution < 1.29 is 9.53 Å². The summed E-state index contributed by atoms with van der Waals surface area (Å²) in [6.07, 6.45) is 1.42. The smallest absolute Gasteiger partial charge is 0.234 e. The first-order valence-electron chi connectivity index (χ1n) is 9.94. The van der Waals surface area contributed by atoms with Crippen LogP contribution in [-0.4, -0.2) is 26.4 Å². The molecule has 0 aliphatic carbocycles. The number of carbonyl (C=O) groups is 1. The van der Waals surface area contributed by atoms with Crippen molar-refractivity contribution in [3.8, 4) is 5.75 Å². The van der Waals surface area contributed by atoms with E-state index in [4.69, 9.17) is 27.9 Å². The van der Waals surface area contributed by atoms with E-state index in [1.54, 1.807) is 24.3 Å². The number of hydrogen-bond donors (Lipinski definition) is 1. The highest BCUT2D eigenvalue weighted by molar-refractivity contribution is 7.99. The average Bonchev–Trinajstić information content (AvgIpc) is 3.15. The summed E-state index contributed by atoms with van der Waals surface area (Å²) in [4.78, 5) is 12.4. The Bertz CT molecular complexity index is 1130. The number of amides is 1. The van der Waals surface area contributed by atoms with E-state index in [2.05, 4.69) is 28.2 Å². The van der Waals surface area contributed by atoms with E-state index in [1.165, 1.54) is 17.3 Å². The average molecular weight is 491 g/mol. The van der Waals surface area contributed by atoms with Gasteiger partial charge in [0.05, 0.1) is 21.5 Å². The number of nitrogens with one attached hydrogen (secondary N) is 1. The van der Waals surface area contributed by atoms with E-state index < -0.39 is 0 Å². The largest absolute Gasteiger partial charge is 0.482 e. The number of thioether (sulfide) groups is 1. The van der Waals surface area contributed by atoms with Crippen LogP contribution in [0.1, 0.15) is 30.0 Å². The van der Waals surface area contributed by atoms with Crippen LogP contribution in [0, 0.1) is 13.8 Å². The van der Waals surface area contributed by atoms with Gasteiger partial charge in [-0.15, -0.1) is 16.8 Å². The number of ether oxygens (including phenoxy) is 1. The van der Waals surface area contributed by atoms with Crippen molar-refractivity contribution in [2.75, 3.05) is 11.1 Å². The van der Waals surface area contributed by atoms with E-state index in [9.17, 15) is 4.79 Å². The topological polar surface area (TPSA) is 69.0 Å². The van der Waals surface area contributed by atoms with Gasteiger partial charge in [0, 0.05) is 6.54 Å². The molecule has 0 spiro atoms. The fraction of sp³-hybridized carbons (Fsp3) is 0.261. The maximum absolute atomic E-state index is 12.4. The third-order valence-corrected chi connectivity index (χ3v) is 6.40. The molecular weight excluding hydrogens is 467 g/mol. The van der Waals surface area contributed by atoms with Crippen LogP contribution in [0.2, 0.25) is 10.0 Å². The van der Waals surface area contributed by atoms with Crippen molar-refractivity contribution in [3.05, 3.63) is 76.0 Å². The number of hydrogen-bond acceptors (Lipinski definition) is 5. The van der Waals surface area contributed by atoms with Crippen LogP contribution in [0.3, 0.4) is 0 Å². The van der Waals surface area contributed by atoms with Gasteiger partial charge in [-0.05, 0) is 44.5 Å². The van der Waals surface area contributed by atoms with Gasteiger partial charge in [0.1, 0.15) is 5.75 Å². The van der Waals surface area contributed by atoms with E-state index in [0.717, 1.165) is 11.3 Å². The molecule has 2 aromatic carbocycles. The van der Waals surface area contributed by atoms with Gasteiger partial charge < -0.3 is 10.1 Å². The summed E-state index contributed by atoms with van der Waals surface area (Å²) in [7, 11) is 0. The van der Waals surface area contributed by atoms with Gasteiger partial charge in [0.25, 0.3) is 0 Å². The van der Waals surface area contributed by atoms with Crippen molar-refractivity contribution >= 4 is 46.6 Å². The van der Waals surface area contributed by atoms with Crippen LogP contribution < -0.4 is 10.1 Å². The molecule has 0 saturated carbocycles. The Hall–Kier alpha value is -2.48. The first-order chi connectivity index (χ1) is 15.3. The van der Waals surface area contributed by atoms with Crippen LogP contribution in [-0.2, 0) is 11.3 Å². The van der Waals surface area contributed by atoms with Gasteiger partial charge in [0.2, 0.25) is 5.91 Å². The minimum Gasteiger partial charge on any atom is -0.482 e. The Morgan fingerprint density at radius 1 is 1.28 bits per heavy atom. The van der Waals surface area contributed by atoms with Gasteiger partial charge in [0.15, 0.2) is 17.1 Å². The maximum atomic E-state index is 12.4. The number of nitrogens with zero attached hydrogens (tertiary/aromatic N) is 3. The van der Waals surface area contributed by atoms with Crippen molar-refractivity contribution in [1.29, 1.82) is 0 Å².